The standard InChI is InChI=1S/C10H15NO5.C6H11NO3/c1-3-5-15-10(13)11-7-6-8(12)16-9(7)14-4-2;1-2-9-6-4(7)3-5(8)10-6/h3,7,9H,1,4-6H2,2H3,(H,11,13);4,6H,2-3,7H2,1H3/t7-,9+;4-,6+/m00/s1. The quantitative estimate of drug-likeness (QED) is 0.364. The van der Waals surface area contributed by atoms with Gasteiger partial charge in [0, 0.05) is 13.2 Å². The largest absolute Gasteiger partial charge is 0.445 e. The molecule has 0 radical (unpaired) electrons. The van der Waals surface area contributed by atoms with Crippen LogP contribution in [0, 0.1) is 0 Å². The number of hydrogen-bond acceptors (Lipinski definition) is 9. The Morgan fingerprint density at radius 2 is 1.77 bits per heavy atom. The molecular formula is C16H26N2O8. The highest BCUT2D eigenvalue weighted by atomic mass is 16.7. The predicted molar refractivity (Wildman–Crippen MR) is 88.7 cm³/mol. The van der Waals surface area contributed by atoms with Gasteiger partial charge in [-0.15, -0.1) is 0 Å². The molecule has 2 fully saturated rings. The van der Waals surface area contributed by atoms with E-state index in [0.29, 0.717) is 13.2 Å². The molecule has 3 N–H and O–H groups in total. The van der Waals surface area contributed by atoms with E-state index in [4.69, 9.17) is 29.4 Å². The predicted octanol–water partition coefficient (Wildman–Crippen LogP) is 0.200. The van der Waals surface area contributed by atoms with Crippen LogP contribution in [-0.2, 0) is 33.3 Å². The topological polar surface area (TPSA) is 135 Å². The number of rotatable bonds is 7. The Labute approximate surface area is 151 Å². The Kier molecular flexibility index (Phi) is 9.63. The number of amides is 1. The number of nitrogens with two attached hydrogens (primary N) is 1. The normalized spacial score (nSPS) is 27.0. The number of alkyl carbamates (subject to hydrolysis) is 1. The molecule has 2 aliphatic rings. The molecule has 10 nitrogen and oxygen atoms in total. The fourth-order valence-electron chi connectivity index (χ4n) is 2.17. The number of ether oxygens (including phenoxy) is 5. The van der Waals surface area contributed by atoms with Crippen LogP contribution in [0.2, 0.25) is 0 Å². The number of nitrogens with one attached hydrogen (secondary N) is 1. The van der Waals surface area contributed by atoms with Crippen LogP contribution in [0.25, 0.3) is 0 Å². The van der Waals surface area contributed by atoms with Crippen molar-refractivity contribution < 1.29 is 38.1 Å². The molecule has 2 heterocycles. The zero-order valence-corrected chi connectivity index (χ0v) is 15.0. The van der Waals surface area contributed by atoms with Gasteiger partial charge < -0.3 is 34.7 Å². The molecular weight excluding hydrogens is 348 g/mol. The monoisotopic (exact) mass is 374 g/mol. The number of carbonyl (C=O) groups excluding carboxylic acids is 3. The van der Waals surface area contributed by atoms with Gasteiger partial charge in [-0.25, -0.2) is 4.79 Å². The molecule has 0 aliphatic carbocycles. The molecule has 0 aromatic carbocycles. The summed E-state index contributed by atoms with van der Waals surface area (Å²) in [5, 5.41) is 2.50. The maximum atomic E-state index is 11.2. The Hall–Kier alpha value is -2.17. The summed E-state index contributed by atoms with van der Waals surface area (Å²) in [5.41, 5.74) is 5.48. The van der Waals surface area contributed by atoms with Gasteiger partial charge in [-0.05, 0) is 13.8 Å². The Bertz CT molecular complexity index is 499. The first kappa shape index (κ1) is 21.9. The van der Waals surface area contributed by atoms with Gasteiger partial charge in [-0.3, -0.25) is 9.59 Å². The molecule has 0 aromatic rings. The van der Waals surface area contributed by atoms with Crippen LogP contribution in [0.5, 0.6) is 0 Å². The number of carbonyl (C=O) groups is 3. The van der Waals surface area contributed by atoms with E-state index >= 15 is 0 Å². The van der Waals surface area contributed by atoms with Crippen molar-refractivity contribution in [3.05, 3.63) is 12.7 Å². The third kappa shape index (κ3) is 7.38. The van der Waals surface area contributed by atoms with Gasteiger partial charge in [-0.1, -0.05) is 12.7 Å². The molecule has 26 heavy (non-hydrogen) atoms. The summed E-state index contributed by atoms with van der Waals surface area (Å²) in [5.74, 6) is -0.668. The molecule has 0 spiro atoms. The second-order valence-electron chi connectivity index (χ2n) is 5.34. The first-order valence-corrected chi connectivity index (χ1v) is 8.33. The van der Waals surface area contributed by atoms with Gasteiger partial charge in [0.05, 0.1) is 18.9 Å². The molecule has 0 unspecified atom stereocenters. The lowest BCUT2D eigenvalue weighted by Crippen LogP contribution is -2.41. The molecule has 148 valence electrons. The van der Waals surface area contributed by atoms with Crippen molar-refractivity contribution in [2.75, 3.05) is 19.8 Å². The van der Waals surface area contributed by atoms with Crippen LogP contribution in [0.1, 0.15) is 26.7 Å². The average molecular weight is 374 g/mol. The van der Waals surface area contributed by atoms with E-state index in [1.807, 2.05) is 6.92 Å². The lowest BCUT2D eigenvalue weighted by Gasteiger charge is -2.17. The van der Waals surface area contributed by atoms with Crippen LogP contribution >= 0.6 is 0 Å². The lowest BCUT2D eigenvalue weighted by atomic mass is 10.2. The smallest absolute Gasteiger partial charge is 0.407 e. The van der Waals surface area contributed by atoms with Crippen molar-refractivity contribution in [2.24, 2.45) is 5.73 Å². The summed E-state index contributed by atoms with van der Waals surface area (Å²) in [6, 6.07) is -0.780. The van der Waals surface area contributed by atoms with Gasteiger partial charge in [0.2, 0.25) is 12.6 Å². The summed E-state index contributed by atoms with van der Waals surface area (Å²) < 4.78 is 24.5. The third-order valence-electron chi connectivity index (χ3n) is 3.26. The molecule has 0 saturated carbocycles. The van der Waals surface area contributed by atoms with Crippen LogP contribution in [-0.4, -0.2) is 62.5 Å². The highest BCUT2D eigenvalue weighted by molar-refractivity contribution is 5.75. The fourth-order valence-corrected chi connectivity index (χ4v) is 2.17. The first-order valence-electron chi connectivity index (χ1n) is 8.33. The van der Waals surface area contributed by atoms with E-state index in [2.05, 4.69) is 11.9 Å². The minimum atomic E-state index is -0.728. The minimum absolute atomic E-state index is 0.0911. The van der Waals surface area contributed by atoms with E-state index < -0.39 is 30.7 Å². The second kappa shape index (κ2) is 11.4. The summed E-state index contributed by atoms with van der Waals surface area (Å²) >= 11 is 0. The van der Waals surface area contributed by atoms with E-state index in [1.54, 1.807) is 6.92 Å². The van der Waals surface area contributed by atoms with Gasteiger partial charge >= 0.3 is 18.0 Å². The number of esters is 2. The Morgan fingerprint density at radius 3 is 2.31 bits per heavy atom. The number of cyclic esters (lactones) is 2. The van der Waals surface area contributed by atoms with Crippen molar-refractivity contribution >= 4 is 18.0 Å². The zero-order valence-electron chi connectivity index (χ0n) is 15.0. The molecule has 0 aromatic heterocycles. The highest BCUT2D eigenvalue weighted by Crippen LogP contribution is 2.16. The van der Waals surface area contributed by atoms with Crippen molar-refractivity contribution in [2.45, 2.75) is 51.4 Å². The Morgan fingerprint density at radius 1 is 1.19 bits per heavy atom. The lowest BCUT2D eigenvalue weighted by molar-refractivity contribution is -0.164. The van der Waals surface area contributed by atoms with Crippen molar-refractivity contribution in [1.29, 1.82) is 0 Å². The summed E-state index contributed by atoms with van der Waals surface area (Å²) in [7, 11) is 0. The van der Waals surface area contributed by atoms with Gasteiger partial charge in [0.1, 0.15) is 12.6 Å². The SMILES string of the molecule is C=CCOC(=O)N[C@H]1CC(=O)O[C@H]1OCC.CCO[C@@H]1OC(=O)C[C@@H]1N. The first-order chi connectivity index (χ1) is 12.4. The summed E-state index contributed by atoms with van der Waals surface area (Å²) in [6.07, 6.45) is -0.0479. The molecule has 0 bridgehead atoms. The van der Waals surface area contributed by atoms with E-state index in [9.17, 15) is 14.4 Å². The van der Waals surface area contributed by atoms with E-state index in [0.717, 1.165) is 0 Å². The van der Waals surface area contributed by atoms with E-state index in [1.165, 1.54) is 6.08 Å². The summed E-state index contributed by atoms with van der Waals surface area (Å²) in [6.45, 7) is 8.06. The van der Waals surface area contributed by atoms with Gasteiger partial charge in [0.25, 0.3) is 0 Å². The average Bonchev–Trinajstić information content (AvgIpc) is 3.08. The van der Waals surface area contributed by atoms with Crippen LogP contribution in [0.3, 0.4) is 0 Å². The third-order valence-corrected chi connectivity index (χ3v) is 3.26. The van der Waals surface area contributed by atoms with Crippen molar-refractivity contribution in [3.8, 4) is 0 Å². The molecule has 1 amide bonds. The molecule has 10 heteroatoms. The molecule has 4 atom stereocenters. The second-order valence-corrected chi connectivity index (χ2v) is 5.34. The van der Waals surface area contributed by atoms with Crippen molar-refractivity contribution in [3.63, 3.8) is 0 Å². The minimum Gasteiger partial charge on any atom is -0.445 e. The van der Waals surface area contributed by atoms with Crippen LogP contribution in [0.4, 0.5) is 4.79 Å². The zero-order chi connectivity index (χ0) is 19.5. The van der Waals surface area contributed by atoms with Crippen LogP contribution in [0.15, 0.2) is 12.7 Å². The summed E-state index contributed by atoms with van der Waals surface area (Å²) in [4.78, 5) is 32.8. The fraction of sp³-hybridized carbons (Fsp3) is 0.688. The molecule has 2 saturated heterocycles. The van der Waals surface area contributed by atoms with Gasteiger partial charge in [-0.2, -0.15) is 0 Å². The molecule has 2 rings (SSSR count). The van der Waals surface area contributed by atoms with E-state index in [-0.39, 0.29) is 31.5 Å². The van der Waals surface area contributed by atoms with Gasteiger partial charge in [0.15, 0.2) is 0 Å². The maximum absolute atomic E-state index is 11.2. The Balaban J connectivity index is 0.000000289. The van der Waals surface area contributed by atoms with Crippen LogP contribution < -0.4 is 11.1 Å². The highest BCUT2D eigenvalue weighted by Gasteiger charge is 2.36. The van der Waals surface area contributed by atoms with Crippen molar-refractivity contribution in [1.82, 2.24) is 5.32 Å². The maximum Gasteiger partial charge on any atom is 0.407 e. The molecule has 2 aliphatic heterocycles. The number of hydrogen-bond donors (Lipinski definition) is 2.